The van der Waals surface area contributed by atoms with E-state index < -0.39 is 0 Å². The van der Waals surface area contributed by atoms with Crippen molar-refractivity contribution in [1.82, 2.24) is 15.3 Å². The van der Waals surface area contributed by atoms with Crippen LogP contribution in [-0.2, 0) is 4.74 Å². The number of fused-ring (bicyclic) bond motifs is 1. The molecule has 1 atom stereocenters. The van der Waals surface area contributed by atoms with E-state index in [1.165, 1.54) is 0 Å². The third kappa shape index (κ3) is 5.24. The van der Waals surface area contributed by atoms with Crippen molar-refractivity contribution in [2.24, 2.45) is 0 Å². The first-order chi connectivity index (χ1) is 17.6. The highest BCUT2D eigenvalue weighted by Gasteiger charge is 2.33. The van der Waals surface area contributed by atoms with Crippen molar-refractivity contribution in [3.63, 3.8) is 0 Å². The van der Waals surface area contributed by atoms with Crippen molar-refractivity contribution >= 4 is 28.9 Å². The van der Waals surface area contributed by atoms with Gasteiger partial charge in [-0.1, -0.05) is 29.8 Å². The van der Waals surface area contributed by atoms with Gasteiger partial charge >= 0.3 is 0 Å². The molecule has 3 aromatic rings. The summed E-state index contributed by atoms with van der Waals surface area (Å²) in [6.07, 6.45) is 7.57. The molecule has 1 amide bonds. The van der Waals surface area contributed by atoms with Crippen molar-refractivity contribution in [3.05, 3.63) is 78.2 Å². The van der Waals surface area contributed by atoms with Gasteiger partial charge < -0.3 is 29.8 Å². The van der Waals surface area contributed by atoms with E-state index in [9.17, 15) is 4.79 Å². The molecule has 2 aromatic heterocycles. The summed E-state index contributed by atoms with van der Waals surface area (Å²) >= 11 is 6.37. The fourth-order valence-corrected chi connectivity index (χ4v) is 4.48. The van der Waals surface area contributed by atoms with Crippen LogP contribution in [0, 0.1) is 0 Å². The zero-order valence-corrected chi connectivity index (χ0v) is 20.9. The average Bonchev–Trinajstić information content (AvgIpc) is 3.26. The van der Waals surface area contributed by atoms with Crippen molar-refractivity contribution in [2.45, 2.75) is 12.3 Å². The predicted molar refractivity (Wildman–Crippen MR) is 142 cm³/mol. The number of halogens is 1. The summed E-state index contributed by atoms with van der Waals surface area (Å²) in [6.45, 7) is 9.22. The Morgan fingerprint density at radius 2 is 2.11 bits per heavy atom. The molecular weight excluding hydrogens is 480 g/mol. The molecule has 8 nitrogen and oxygen atoms in total. The fourth-order valence-electron chi connectivity index (χ4n) is 4.23. The summed E-state index contributed by atoms with van der Waals surface area (Å²) in [5.74, 6) is 0.902. The topological polar surface area (TPSA) is 97.5 Å². The third-order valence-electron chi connectivity index (χ3n) is 5.83. The quantitative estimate of drug-likeness (QED) is 0.222. The Labute approximate surface area is 215 Å². The lowest BCUT2D eigenvalue weighted by Gasteiger charge is -2.23. The number of ether oxygens (including phenoxy) is 3. The molecule has 0 aliphatic carbocycles. The molecule has 36 heavy (non-hydrogen) atoms. The number of allylic oxidation sites excluding steroid dienone is 1. The van der Waals surface area contributed by atoms with Crippen LogP contribution in [-0.4, -0.2) is 49.4 Å². The molecule has 0 bridgehead atoms. The Bertz CT molecular complexity index is 1260. The molecule has 1 aliphatic heterocycles. The summed E-state index contributed by atoms with van der Waals surface area (Å²) in [5, 5.41) is 6.86. The first-order valence-corrected chi connectivity index (χ1v) is 12.0. The van der Waals surface area contributed by atoms with E-state index in [1.54, 1.807) is 31.6 Å². The van der Waals surface area contributed by atoms with Gasteiger partial charge in [0.2, 0.25) is 0 Å². The Balaban J connectivity index is 1.82. The van der Waals surface area contributed by atoms with E-state index in [0.717, 1.165) is 11.3 Å². The zero-order chi connectivity index (χ0) is 25.5. The summed E-state index contributed by atoms with van der Waals surface area (Å²) in [5.41, 5.74) is 4.02. The molecule has 3 heterocycles. The molecule has 3 N–H and O–H groups in total. The van der Waals surface area contributed by atoms with Gasteiger partial charge in [0.05, 0.1) is 54.2 Å². The average molecular weight is 509 g/mol. The number of hydrogen-bond acceptors (Lipinski definition) is 6. The number of aromatic nitrogens is 2. The van der Waals surface area contributed by atoms with E-state index in [0.29, 0.717) is 71.9 Å². The molecule has 0 fully saturated rings. The number of rotatable bonds is 12. The minimum atomic E-state index is -0.175. The number of anilines is 2. The van der Waals surface area contributed by atoms with Crippen LogP contribution < -0.4 is 20.1 Å². The van der Waals surface area contributed by atoms with Crippen LogP contribution in [0.2, 0.25) is 5.02 Å². The van der Waals surface area contributed by atoms with Crippen LogP contribution in [0.3, 0.4) is 0 Å². The molecule has 9 heteroatoms. The van der Waals surface area contributed by atoms with Crippen LogP contribution in [0.1, 0.15) is 28.4 Å². The third-order valence-corrected chi connectivity index (χ3v) is 6.13. The number of para-hydroxylation sites is 1. The van der Waals surface area contributed by atoms with Gasteiger partial charge in [-0.25, -0.2) is 0 Å². The summed E-state index contributed by atoms with van der Waals surface area (Å²) < 4.78 is 17.0. The number of aromatic amines is 1. The number of nitrogens with zero attached hydrogens (tertiary/aromatic N) is 1. The molecule has 1 aliphatic rings. The van der Waals surface area contributed by atoms with Gasteiger partial charge in [-0.3, -0.25) is 9.78 Å². The van der Waals surface area contributed by atoms with Gasteiger partial charge in [-0.15, -0.1) is 13.2 Å². The van der Waals surface area contributed by atoms with Gasteiger partial charge in [-0.05, 0) is 24.6 Å². The van der Waals surface area contributed by atoms with Crippen molar-refractivity contribution in [1.29, 1.82) is 0 Å². The minimum absolute atomic E-state index is 0.0456. The molecule has 0 spiro atoms. The fraction of sp³-hybridized carbons (Fsp3) is 0.259. The molecule has 188 valence electrons. The number of nitrogens with one attached hydrogen (secondary N) is 3. The molecular formula is C27H29ClN4O4. The Kier molecular flexibility index (Phi) is 8.30. The maximum absolute atomic E-state index is 13.1. The zero-order valence-electron chi connectivity index (χ0n) is 20.1. The highest BCUT2D eigenvalue weighted by Crippen LogP contribution is 2.44. The second kappa shape index (κ2) is 11.8. The van der Waals surface area contributed by atoms with E-state index in [2.05, 4.69) is 33.8 Å². The number of methoxy groups -OCH3 is 1. The summed E-state index contributed by atoms with van der Waals surface area (Å²) in [7, 11) is 1.55. The van der Waals surface area contributed by atoms with Gasteiger partial charge in [0, 0.05) is 29.9 Å². The summed E-state index contributed by atoms with van der Waals surface area (Å²) in [6, 6.07) is 7.25. The second-order valence-electron chi connectivity index (χ2n) is 8.12. The van der Waals surface area contributed by atoms with Crippen LogP contribution >= 0.6 is 11.6 Å². The molecule has 0 saturated heterocycles. The van der Waals surface area contributed by atoms with Crippen LogP contribution in [0.4, 0.5) is 11.4 Å². The Morgan fingerprint density at radius 3 is 2.89 bits per heavy atom. The number of H-pyrrole nitrogens is 1. The van der Waals surface area contributed by atoms with Gasteiger partial charge in [0.15, 0.2) is 5.75 Å². The van der Waals surface area contributed by atoms with Crippen molar-refractivity contribution < 1.29 is 19.0 Å². The monoisotopic (exact) mass is 508 g/mol. The van der Waals surface area contributed by atoms with E-state index in [1.807, 2.05) is 24.3 Å². The predicted octanol–water partition coefficient (Wildman–Crippen LogP) is 5.47. The maximum atomic E-state index is 13.1. The molecule has 1 aromatic carbocycles. The Morgan fingerprint density at radius 1 is 1.25 bits per heavy atom. The van der Waals surface area contributed by atoms with Gasteiger partial charge in [-0.2, -0.15) is 0 Å². The number of amides is 1. The number of hydrogen-bond donors (Lipinski definition) is 3. The highest BCUT2D eigenvalue weighted by molar-refractivity contribution is 6.32. The summed E-state index contributed by atoms with van der Waals surface area (Å²) in [4.78, 5) is 20.9. The lowest BCUT2D eigenvalue weighted by Crippen LogP contribution is -2.34. The molecule has 4 rings (SSSR count). The van der Waals surface area contributed by atoms with Crippen LogP contribution in [0.5, 0.6) is 11.5 Å². The lowest BCUT2D eigenvalue weighted by atomic mass is 9.93. The van der Waals surface area contributed by atoms with Crippen LogP contribution in [0.15, 0.2) is 62.0 Å². The van der Waals surface area contributed by atoms with Gasteiger partial charge in [0.25, 0.3) is 5.91 Å². The smallest absolute Gasteiger partial charge is 0.255 e. The first-order valence-electron chi connectivity index (χ1n) is 11.6. The van der Waals surface area contributed by atoms with E-state index >= 15 is 0 Å². The standard InChI is InChI=1S/C27H29ClN4O4/c1-4-7-17-15-30-27(33)22-23(17)32-24(25(22)31-20-9-6-8-19(28)26(20)34-3)18-10-11-29-16-21(18)36-14-13-35-12-5-2/h4-6,8-11,16-17,31-32H,1-2,7,12-15H2,3H3,(H,30,33). The van der Waals surface area contributed by atoms with Crippen molar-refractivity contribution in [2.75, 3.05) is 38.8 Å². The van der Waals surface area contributed by atoms with Crippen molar-refractivity contribution in [3.8, 4) is 22.8 Å². The lowest BCUT2D eigenvalue weighted by molar-refractivity contribution is 0.0941. The SMILES string of the molecule is C=CCOCCOc1cnccc1-c1[nH]c2c(c1Nc1cccc(Cl)c1OC)C(=O)NCC2CC=C. The Hall–Kier alpha value is -3.75. The number of benzene rings is 1. The molecule has 0 saturated carbocycles. The number of pyridine rings is 1. The molecule has 0 radical (unpaired) electrons. The van der Waals surface area contributed by atoms with E-state index in [4.69, 9.17) is 25.8 Å². The largest absolute Gasteiger partial charge is 0.493 e. The maximum Gasteiger partial charge on any atom is 0.255 e. The van der Waals surface area contributed by atoms with E-state index in [-0.39, 0.29) is 11.8 Å². The van der Waals surface area contributed by atoms with Crippen LogP contribution in [0.25, 0.3) is 11.3 Å². The highest BCUT2D eigenvalue weighted by atomic mass is 35.5. The minimum Gasteiger partial charge on any atom is -0.493 e. The normalized spacial score (nSPS) is 14.5. The molecule has 1 unspecified atom stereocenters. The van der Waals surface area contributed by atoms with Gasteiger partial charge in [0.1, 0.15) is 12.4 Å². The number of carbonyl (C=O) groups excluding carboxylic acids is 1. The number of carbonyl (C=O) groups is 1. The first kappa shape index (κ1) is 25.3. The second-order valence-corrected chi connectivity index (χ2v) is 8.53.